The molecule has 2 N–H and O–H groups in total. The predicted molar refractivity (Wildman–Crippen MR) is 128 cm³/mol. The number of benzene rings is 1. The standard InChI is InChI=1S/C22H32N4O3S2/c1-4-26(5-2)31(27,28)18-11-10-17(3)19(15-18)24-22(30)23-16-20(21-9-8-14-29-21)25-12-6-7-13-25/h8-11,14-15,20H,4-7,12-13,16H2,1-3H3,(H2,23,24,30). The first-order chi connectivity index (χ1) is 14.9. The van der Waals surface area contributed by atoms with Gasteiger partial charge in [0, 0.05) is 25.3 Å². The van der Waals surface area contributed by atoms with Crippen LogP contribution in [-0.4, -0.2) is 55.5 Å². The molecule has 0 radical (unpaired) electrons. The molecule has 1 aliphatic rings. The van der Waals surface area contributed by atoms with Gasteiger partial charge in [-0.25, -0.2) is 8.42 Å². The zero-order chi connectivity index (χ0) is 22.4. The summed E-state index contributed by atoms with van der Waals surface area (Å²) in [5.74, 6) is 0.917. The lowest BCUT2D eigenvalue weighted by atomic mass is 10.2. The van der Waals surface area contributed by atoms with Gasteiger partial charge in [0.15, 0.2) is 5.11 Å². The number of hydrogen-bond acceptors (Lipinski definition) is 5. The van der Waals surface area contributed by atoms with Gasteiger partial charge < -0.3 is 15.1 Å². The highest BCUT2D eigenvalue weighted by molar-refractivity contribution is 7.89. The molecular weight excluding hydrogens is 432 g/mol. The van der Waals surface area contributed by atoms with Crippen molar-refractivity contribution >= 4 is 33.0 Å². The minimum atomic E-state index is -3.53. The summed E-state index contributed by atoms with van der Waals surface area (Å²) in [5, 5.41) is 6.92. The Morgan fingerprint density at radius 3 is 2.55 bits per heavy atom. The molecule has 1 saturated heterocycles. The lowest BCUT2D eigenvalue weighted by molar-refractivity contribution is 0.216. The van der Waals surface area contributed by atoms with Crippen molar-refractivity contribution in [2.75, 3.05) is 38.0 Å². The Morgan fingerprint density at radius 1 is 1.23 bits per heavy atom. The minimum absolute atomic E-state index is 0.104. The van der Waals surface area contributed by atoms with Crippen LogP contribution >= 0.6 is 12.2 Å². The third-order valence-electron chi connectivity index (χ3n) is 5.71. The SMILES string of the molecule is CCN(CC)S(=O)(=O)c1ccc(C)c(NC(=S)NCC(c2ccco2)N2CCCC2)c1. The molecule has 31 heavy (non-hydrogen) atoms. The first-order valence-corrected chi connectivity index (χ1v) is 12.6. The first kappa shape index (κ1) is 23.7. The van der Waals surface area contributed by atoms with E-state index in [0.717, 1.165) is 24.4 Å². The smallest absolute Gasteiger partial charge is 0.243 e. The summed E-state index contributed by atoms with van der Waals surface area (Å²) < 4.78 is 32.8. The number of aryl methyl sites for hydroxylation is 1. The number of sulfonamides is 1. The van der Waals surface area contributed by atoms with Crippen LogP contribution in [0, 0.1) is 6.92 Å². The van der Waals surface area contributed by atoms with Crippen molar-refractivity contribution in [1.82, 2.24) is 14.5 Å². The molecule has 1 unspecified atom stereocenters. The van der Waals surface area contributed by atoms with E-state index in [4.69, 9.17) is 16.6 Å². The van der Waals surface area contributed by atoms with Gasteiger partial charge in [-0.2, -0.15) is 4.31 Å². The topological polar surface area (TPSA) is 77.8 Å². The highest BCUT2D eigenvalue weighted by atomic mass is 32.2. The number of furan rings is 1. The maximum Gasteiger partial charge on any atom is 0.243 e. The summed E-state index contributed by atoms with van der Waals surface area (Å²) in [7, 11) is -3.53. The van der Waals surface area contributed by atoms with Gasteiger partial charge in [-0.05, 0) is 74.9 Å². The Labute approximate surface area is 190 Å². The molecular formula is C22H32N4O3S2. The summed E-state index contributed by atoms with van der Waals surface area (Å²) in [5.41, 5.74) is 1.60. The van der Waals surface area contributed by atoms with Crippen molar-refractivity contribution < 1.29 is 12.8 Å². The van der Waals surface area contributed by atoms with Gasteiger partial charge in [0.05, 0.1) is 17.2 Å². The summed E-state index contributed by atoms with van der Waals surface area (Å²) in [4.78, 5) is 2.66. The zero-order valence-electron chi connectivity index (χ0n) is 18.4. The fraction of sp³-hybridized carbons (Fsp3) is 0.500. The van der Waals surface area contributed by atoms with E-state index in [1.54, 1.807) is 24.5 Å². The molecule has 1 aromatic heterocycles. The van der Waals surface area contributed by atoms with Gasteiger partial charge in [0.1, 0.15) is 5.76 Å². The van der Waals surface area contributed by atoms with Gasteiger partial charge in [-0.3, -0.25) is 4.90 Å². The van der Waals surface area contributed by atoms with Crippen molar-refractivity contribution in [2.24, 2.45) is 0 Å². The van der Waals surface area contributed by atoms with Gasteiger partial charge in [-0.1, -0.05) is 19.9 Å². The molecule has 0 saturated carbocycles. The fourth-order valence-electron chi connectivity index (χ4n) is 3.91. The van der Waals surface area contributed by atoms with Crippen LogP contribution in [0.1, 0.15) is 44.1 Å². The van der Waals surface area contributed by atoms with Crippen LogP contribution < -0.4 is 10.6 Å². The van der Waals surface area contributed by atoms with E-state index in [1.165, 1.54) is 17.1 Å². The second-order valence-corrected chi connectivity index (χ2v) is 10.0. The quantitative estimate of drug-likeness (QED) is 0.547. The Kier molecular flexibility index (Phi) is 8.10. The first-order valence-electron chi connectivity index (χ1n) is 10.8. The van der Waals surface area contributed by atoms with Crippen molar-refractivity contribution in [3.05, 3.63) is 47.9 Å². The van der Waals surface area contributed by atoms with Crippen LogP contribution in [0.15, 0.2) is 45.9 Å². The van der Waals surface area contributed by atoms with Crippen molar-refractivity contribution in [2.45, 2.75) is 44.6 Å². The number of nitrogens with zero attached hydrogens (tertiary/aromatic N) is 2. The number of hydrogen-bond donors (Lipinski definition) is 2. The van der Waals surface area contributed by atoms with E-state index < -0.39 is 10.0 Å². The van der Waals surface area contributed by atoms with E-state index in [-0.39, 0.29) is 10.9 Å². The average molecular weight is 465 g/mol. The monoisotopic (exact) mass is 464 g/mol. The van der Waals surface area contributed by atoms with E-state index in [2.05, 4.69) is 15.5 Å². The molecule has 1 atom stereocenters. The van der Waals surface area contributed by atoms with Crippen LogP contribution in [0.3, 0.4) is 0 Å². The fourth-order valence-corrected chi connectivity index (χ4v) is 5.59. The maximum atomic E-state index is 12.9. The lowest BCUT2D eigenvalue weighted by Crippen LogP contribution is -2.38. The van der Waals surface area contributed by atoms with Crippen LogP contribution in [0.4, 0.5) is 5.69 Å². The van der Waals surface area contributed by atoms with Crippen molar-refractivity contribution in [3.63, 3.8) is 0 Å². The van der Waals surface area contributed by atoms with Gasteiger partial charge >= 0.3 is 0 Å². The van der Waals surface area contributed by atoms with Crippen LogP contribution in [0.25, 0.3) is 0 Å². The molecule has 9 heteroatoms. The Balaban J connectivity index is 1.70. The number of nitrogens with one attached hydrogen (secondary N) is 2. The summed E-state index contributed by atoms with van der Waals surface area (Å²) >= 11 is 5.52. The molecule has 0 bridgehead atoms. The van der Waals surface area contributed by atoms with Crippen LogP contribution in [0.5, 0.6) is 0 Å². The molecule has 2 heterocycles. The normalized spacial score (nSPS) is 15.9. The summed E-state index contributed by atoms with van der Waals surface area (Å²) in [6.07, 6.45) is 4.07. The molecule has 0 aliphatic carbocycles. The summed E-state index contributed by atoms with van der Waals surface area (Å²) in [6.45, 7) is 9.15. The maximum absolute atomic E-state index is 12.9. The van der Waals surface area contributed by atoms with E-state index in [0.29, 0.717) is 30.4 Å². The molecule has 1 aromatic carbocycles. The molecule has 3 rings (SSSR count). The van der Waals surface area contributed by atoms with Gasteiger partial charge in [0.2, 0.25) is 10.0 Å². The molecule has 1 aliphatic heterocycles. The highest BCUT2D eigenvalue weighted by Crippen LogP contribution is 2.26. The molecule has 7 nitrogen and oxygen atoms in total. The molecule has 2 aromatic rings. The van der Waals surface area contributed by atoms with E-state index >= 15 is 0 Å². The minimum Gasteiger partial charge on any atom is -0.468 e. The second-order valence-electron chi connectivity index (χ2n) is 7.68. The van der Waals surface area contributed by atoms with Crippen molar-refractivity contribution in [3.8, 4) is 0 Å². The highest BCUT2D eigenvalue weighted by Gasteiger charge is 2.26. The predicted octanol–water partition coefficient (Wildman–Crippen LogP) is 3.74. The molecule has 0 amide bonds. The van der Waals surface area contributed by atoms with Crippen LogP contribution in [-0.2, 0) is 10.0 Å². The van der Waals surface area contributed by atoms with E-state index in [9.17, 15) is 8.42 Å². The Hall–Kier alpha value is -1.94. The van der Waals surface area contributed by atoms with Gasteiger partial charge in [0.25, 0.3) is 0 Å². The molecule has 170 valence electrons. The Bertz CT molecular complexity index is 967. The zero-order valence-corrected chi connectivity index (χ0v) is 20.1. The number of rotatable bonds is 9. The third kappa shape index (κ3) is 5.65. The average Bonchev–Trinajstić information content (AvgIpc) is 3.45. The number of anilines is 1. The Morgan fingerprint density at radius 2 is 1.94 bits per heavy atom. The molecule has 0 spiro atoms. The third-order valence-corrected chi connectivity index (χ3v) is 8.00. The molecule has 1 fully saturated rings. The van der Waals surface area contributed by atoms with Gasteiger partial charge in [-0.15, -0.1) is 0 Å². The van der Waals surface area contributed by atoms with Crippen molar-refractivity contribution in [1.29, 1.82) is 0 Å². The largest absolute Gasteiger partial charge is 0.468 e. The number of thiocarbonyl (C=S) groups is 1. The number of likely N-dealkylation sites (tertiary alicyclic amines) is 1. The second kappa shape index (κ2) is 10.6. The van der Waals surface area contributed by atoms with Crippen LogP contribution in [0.2, 0.25) is 0 Å². The summed E-state index contributed by atoms with van der Waals surface area (Å²) in [6, 6.07) is 9.10. The van der Waals surface area contributed by atoms with E-state index in [1.807, 2.05) is 32.9 Å². The lowest BCUT2D eigenvalue weighted by Gasteiger charge is -2.26.